The minimum Gasteiger partial charge on any atom is -0.388 e. The van der Waals surface area contributed by atoms with Crippen molar-refractivity contribution < 1.29 is 0 Å². The quantitative estimate of drug-likeness (QED) is 0.618. The van der Waals surface area contributed by atoms with E-state index in [4.69, 9.17) is 11.1 Å². The van der Waals surface area contributed by atoms with E-state index in [2.05, 4.69) is 36.1 Å². The molecule has 1 aromatic carbocycles. The second kappa shape index (κ2) is 5.21. The topological polar surface area (TPSA) is 53.1 Å². The van der Waals surface area contributed by atoms with Crippen LogP contribution in [-0.4, -0.2) is 18.4 Å². The van der Waals surface area contributed by atoms with Gasteiger partial charge in [-0.25, -0.2) is 0 Å². The van der Waals surface area contributed by atoms with Crippen LogP contribution in [0.5, 0.6) is 0 Å². The fourth-order valence-electron chi connectivity index (χ4n) is 2.54. The number of para-hydroxylation sites is 1. The lowest BCUT2D eigenvalue weighted by Gasteiger charge is -2.37. The Morgan fingerprint density at radius 2 is 2.24 bits per heavy atom. The van der Waals surface area contributed by atoms with Crippen LogP contribution in [-0.2, 0) is 6.42 Å². The first-order chi connectivity index (χ1) is 8.18. The molecular weight excluding hydrogens is 210 g/mol. The number of nitrogens with one attached hydrogen (secondary N) is 1. The number of anilines is 1. The highest BCUT2D eigenvalue weighted by atomic mass is 15.2. The molecule has 1 aromatic rings. The van der Waals surface area contributed by atoms with Crippen molar-refractivity contribution in [3.8, 4) is 0 Å². The van der Waals surface area contributed by atoms with Crippen LogP contribution in [0.25, 0.3) is 0 Å². The van der Waals surface area contributed by atoms with Crippen molar-refractivity contribution in [1.82, 2.24) is 0 Å². The first-order valence-corrected chi connectivity index (χ1v) is 6.36. The zero-order chi connectivity index (χ0) is 12.3. The third-order valence-electron chi connectivity index (χ3n) is 3.51. The van der Waals surface area contributed by atoms with Gasteiger partial charge in [-0.2, -0.15) is 0 Å². The maximum Gasteiger partial charge on any atom is 0.0905 e. The molecule has 0 amide bonds. The molecule has 0 aromatic heterocycles. The van der Waals surface area contributed by atoms with Gasteiger partial charge < -0.3 is 10.6 Å². The van der Waals surface area contributed by atoms with E-state index in [1.807, 2.05) is 0 Å². The Morgan fingerprint density at radius 3 is 3.00 bits per heavy atom. The maximum atomic E-state index is 7.27. The highest BCUT2D eigenvalue weighted by molar-refractivity contribution is 5.76. The van der Waals surface area contributed by atoms with Gasteiger partial charge in [-0.05, 0) is 37.8 Å². The molecule has 0 fully saturated rings. The summed E-state index contributed by atoms with van der Waals surface area (Å²) < 4.78 is 0. The maximum absolute atomic E-state index is 7.27. The highest BCUT2D eigenvalue weighted by Gasteiger charge is 2.21. The van der Waals surface area contributed by atoms with Crippen molar-refractivity contribution >= 4 is 11.5 Å². The summed E-state index contributed by atoms with van der Waals surface area (Å²) in [5.74, 6) is 0.294. The number of hydrogen-bond acceptors (Lipinski definition) is 2. The van der Waals surface area contributed by atoms with Gasteiger partial charge in [0.2, 0.25) is 0 Å². The molecule has 3 heteroatoms. The van der Waals surface area contributed by atoms with Crippen molar-refractivity contribution in [2.45, 2.75) is 38.6 Å². The van der Waals surface area contributed by atoms with Gasteiger partial charge in [0.25, 0.3) is 0 Å². The number of nitrogens with zero attached hydrogens (tertiary/aromatic N) is 1. The van der Waals surface area contributed by atoms with Gasteiger partial charge in [-0.1, -0.05) is 18.2 Å². The fourth-order valence-corrected chi connectivity index (χ4v) is 2.54. The lowest BCUT2D eigenvalue weighted by Crippen LogP contribution is -2.38. The van der Waals surface area contributed by atoms with Crippen molar-refractivity contribution in [3.63, 3.8) is 0 Å². The van der Waals surface area contributed by atoms with E-state index in [0.29, 0.717) is 18.3 Å². The van der Waals surface area contributed by atoms with Crippen LogP contribution >= 0.6 is 0 Å². The van der Waals surface area contributed by atoms with Crippen molar-refractivity contribution in [3.05, 3.63) is 29.8 Å². The Labute approximate surface area is 103 Å². The average Bonchev–Trinajstić information content (AvgIpc) is 2.32. The van der Waals surface area contributed by atoms with E-state index in [0.717, 1.165) is 13.0 Å². The first-order valence-electron chi connectivity index (χ1n) is 6.36. The predicted octanol–water partition coefficient (Wildman–Crippen LogP) is 2.54. The Balaban J connectivity index is 2.07. The third-order valence-corrected chi connectivity index (χ3v) is 3.51. The molecule has 3 N–H and O–H groups in total. The summed E-state index contributed by atoms with van der Waals surface area (Å²) >= 11 is 0. The van der Waals surface area contributed by atoms with Crippen molar-refractivity contribution in [2.75, 3.05) is 11.4 Å². The van der Waals surface area contributed by atoms with Gasteiger partial charge in [0.1, 0.15) is 0 Å². The lowest BCUT2D eigenvalue weighted by molar-refractivity contribution is 0.554. The molecule has 0 saturated heterocycles. The molecule has 1 heterocycles. The average molecular weight is 231 g/mol. The molecule has 1 aliphatic heterocycles. The molecule has 1 unspecified atom stereocenters. The van der Waals surface area contributed by atoms with Crippen LogP contribution in [0.1, 0.15) is 31.7 Å². The molecule has 0 aliphatic carbocycles. The normalized spacial score (nSPS) is 18.9. The van der Waals surface area contributed by atoms with Crippen LogP contribution < -0.4 is 10.6 Å². The molecule has 2 rings (SSSR count). The zero-order valence-electron chi connectivity index (χ0n) is 10.4. The zero-order valence-corrected chi connectivity index (χ0v) is 10.4. The molecule has 17 heavy (non-hydrogen) atoms. The van der Waals surface area contributed by atoms with Crippen LogP contribution in [0.3, 0.4) is 0 Å². The molecule has 0 radical (unpaired) electrons. The summed E-state index contributed by atoms with van der Waals surface area (Å²) in [5, 5.41) is 7.27. The highest BCUT2D eigenvalue weighted by Crippen LogP contribution is 2.30. The number of rotatable bonds is 4. The monoisotopic (exact) mass is 231 g/mol. The van der Waals surface area contributed by atoms with E-state index in [1.54, 1.807) is 0 Å². The second-order valence-corrected chi connectivity index (χ2v) is 4.84. The van der Waals surface area contributed by atoms with Crippen LogP contribution in [0.2, 0.25) is 0 Å². The summed E-state index contributed by atoms with van der Waals surface area (Å²) in [6.45, 7) is 3.28. The summed E-state index contributed by atoms with van der Waals surface area (Å²) in [6.07, 6.45) is 4.07. The van der Waals surface area contributed by atoms with E-state index in [9.17, 15) is 0 Å². The number of nitrogens with two attached hydrogens (primary N) is 1. The number of benzene rings is 1. The van der Waals surface area contributed by atoms with Crippen LogP contribution in [0, 0.1) is 5.41 Å². The van der Waals surface area contributed by atoms with Crippen LogP contribution in [0.15, 0.2) is 24.3 Å². The van der Waals surface area contributed by atoms with E-state index >= 15 is 0 Å². The smallest absolute Gasteiger partial charge is 0.0905 e. The number of aryl methyl sites for hydroxylation is 1. The predicted molar refractivity (Wildman–Crippen MR) is 72.7 cm³/mol. The van der Waals surface area contributed by atoms with Crippen molar-refractivity contribution in [1.29, 1.82) is 5.41 Å². The van der Waals surface area contributed by atoms with Crippen LogP contribution in [0.4, 0.5) is 5.69 Å². The Hall–Kier alpha value is -1.51. The van der Waals surface area contributed by atoms with Gasteiger partial charge in [0, 0.05) is 24.7 Å². The Bertz CT molecular complexity index is 400. The Kier molecular flexibility index (Phi) is 3.67. The van der Waals surface area contributed by atoms with Gasteiger partial charge in [0.15, 0.2) is 0 Å². The molecular formula is C14H21N3. The first kappa shape index (κ1) is 12.0. The van der Waals surface area contributed by atoms with Gasteiger partial charge in [0.05, 0.1) is 5.84 Å². The van der Waals surface area contributed by atoms with Gasteiger partial charge in [-0.3, -0.25) is 5.41 Å². The molecule has 0 spiro atoms. The molecule has 3 nitrogen and oxygen atoms in total. The van der Waals surface area contributed by atoms with Crippen molar-refractivity contribution in [2.24, 2.45) is 5.73 Å². The largest absolute Gasteiger partial charge is 0.388 e. The summed E-state index contributed by atoms with van der Waals surface area (Å²) in [5.41, 5.74) is 8.22. The van der Waals surface area contributed by atoms with E-state index in [1.165, 1.54) is 24.1 Å². The molecule has 0 bridgehead atoms. The molecule has 92 valence electrons. The lowest BCUT2D eigenvalue weighted by atomic mass is 9.96. The minimum absolute atomic E-state index is 0.294. The molecule has 1 aliphatic rings. The van der Waals surface area contributed by atoms with E-state index < -0.39 is 0 Å². The number of fused-ring (bicyclic) bond motifs is 1. The van der Waals surface area contributed by atoms with Gasteiger partial charge >= 0.3 is 0 Å². The standard InChI is InChI=1S/C14H21N3/c1-11-8-9-12-5-2-3-6-13(12)17(11)10-4-7-14(15)16/h2-3,5-6,11H,4,7-10H2,1H3,(H3,15,16). The number of hydrogen-bond donors (Lipinski definition) is 2. The summed E-state index contributed by atoms with van der Waals surface area (Å²) in [6, 6.07) is 9.24. The third kappa shape index (κ3) is 2.78. The fraction of sp³-hybridized carbons (Fsp3) is 0.500. The SMILES string of the molecule is CC1CCc2ccccc2N1CCCC(=N)N. The summed E-state index contributed by atoms with van der Waals surface area (Å²) in [7, 11) is 0. The second-order valence-electron chi connectivity index (χ2n) is 4.84. The number of amidine groups is 1. The minimum atomic E-state index is 0.294. The summed E-state index contributed by atoms with van der Waals surface area (Å²) in [4.78, 5) is 2.46. The molecule has 1 atom stereocenters. The molecule has 0 saturated carbocycles. The van der Waals surface area contributed by atoms with Gasteiger partial charge in [-0.15, -0.1) is 0 Å². The van der Waals surface area contributed by atoms with E-state index in [-0.39, 0.29) is 0 Å². The Morgan fingerprint density at radius 1 is 1.47 bits per heavy atom.